The van der Waals surface area contributed by atoms with Crippen LogP contribution in [0.5, 0.6) is 0 Å². The quantitative estimate of drug-likeness (QED) is 0.642. The minimum atomic E-state index is -0.367. The van der Waals surface area contributed by atoms with E-state index in [1.54, 1.807) is 35.1 Å². The minimum absolute atomic E-state index is 0.0109. The molecule has 3 rings (SSSR count). The fourth-order valence-electron chi connectivity index (χ4n) is 2.94. The first-order valence-electron chi connectivity index (χ1n) is 9.13. The van der Waals surface area contributed by atoms with Gasteiger partial charge in [0.2, 0.25) is 0 Å². The van der Waals surface area contributed by atoms with Crippen molar-refractivity contribution in [2.24, 2.45) is 0 Å². The van der Waals surface area contributed by atoms with Gasteiger partial charge < -0.3 is 21.3 Å². The van der Waals surface area contributed by atoms with E-state index in [0.717, 1.165) is 25.9 Å². The summed E-state index contributed by atoms with van der Waals surface area (Å²) in [7, 11) is 0. The number of benzene rings is 1. The number of nitrogens with zero attached hydrogens (tertiary/aromatic N) is 3. The number of nitrogens with one attached hydrogen (secondary N) is 4. The van der Waals surface area contributed by atoms with Gasteiger partial charge in [-0.2, -0.15) is 0 Å². The topological polar surface area (TPSA) is 113 Å². The number of hydrogen-bond donors (Lipinski definition) is 4. The van der Waals surface area contributed by atoms with E-state index in [4.69, 9.17) is 0 Å². The summed E-state index contributed by atoms with van der Waals surface area (Å²) in [6.45, 7) is 5.62. The van der Waals surface area contributed by atoms with Gasteiger partial charge >= 0.3 is 6.03 Å². The third kappa shape index (κ3) is 5.04. The summed E-state index contributed by atoms with van der Waals surface area (Å²) in [5.74, 6) is -0.367. The minimum Gasteiger partial charge on any atom is -0.336 e. The lowest BCUT2D eigenvalue weighted by Gasteiger charge is -2.22. The average molecular weight is 371 g/mol. The van der Waals surface area contributed by atoms with Crippen LogP contribution in [0.3, 0.4) is 0 Å². The van der Waals surface area contributed by atoms with Gasteiger partial charge in [0, 0.05) is 6.04 Å². The molecule has 144 valence electrons. The summed E-state index contributed by atoms with van der Waals surface area (Å²) in [5.41, 5.74) is 1.25. The van der Waals surface area contributed by atoms with Crippen molar-refractivity contribution in [3.05, 3.63) is 36.2 Å². The van der Waals surface area contributed by atoms with Crippen molar-refractivity contribution >= 4 is 23.3 Å². The molecule has 0 saturated carbocycles. The monoisotopic (exact) mass is 371 g/mol. The van der Waals surface area contributed by atoms with Crippen LogP contribution in [0.4, 0.5) is 16.2 Å². The third-order valence-electron chi connectivity index (χ3n) is 4.27. The van der Waals surface area contributed by atoms with Crippen LogP contribution >= 0.6 is 0 Å². The molecule has 1 aromatic heterocycles. The number of urea groups is 1. The molecule has 2 aromatic rings. The van der Waals surface area contributed by atoms with E-state index >= 15 is 0 Å². The number of carbonyl (C=O) groups excluding carboxylic acids is 2. The molecular weight excluding hydrogens is 346 g/mol. The largest absolute Gasteiger partial charge is 0.336 e. The van der Waals surface area contributed by atoms with Crippen molar-refractivity contribution in [3.8, 4) is 0 Å². The number of para-hydroxylation sites is 2. The smallest absolute Gasteiger partial charge is 0.319 e. The van der Waals surface area contributed by atoms with E-state index < -0.39 is 0 Å². The fraction of sp³-hybridized carbons (Fsp3) is 0.444. The highest BCUT2D eigenvalue weighted by molar-refractivity contribution is 6.05. The Morgan fingerprint density at radius 2 is 1.81 bits per heavy atom. The Labute approximate surface area is 157 Å². The molecule has 0 bridgehead atoms. The lowest BCUT2D eigenvalue weighted by atomic mass is 10.1. The predicted octanol–water partition coefficient (Wildman–Crippen LogP) is 1.98. The molecule has 1 aromatic carbocycles. The van der Waals surface area contributed by atoms with Gasteiger partial charge in [-0.1, -0.05) is 17.3 Å². The van der Waals surface area contributed by atoms with Crippen molar-refractivity contribution < 1.29 is 9.59 Å². The van der Waals surface area contributed by atoms with Crippen LogP contribution in [0, 0.1) is 0 Å². The average Bonchev–Trinajstić information content (AvgIpc) is 3.14. The number of piperidine rings is 1. The first-order valence-corrected chi connectivity index (χ1v) is 9.13. The second-order valence-electron chi connectivity index (χ2n) is 6.82. The van der Waals surface area contributed by atoms with Gasteiger partial charge in [-0.25, -0.2) is 9.48 Å². The van der Waals surface area contributed by atoms with Crippen LogP contribution < -0.4 is 21.3 Å². The fourth-order valence-corrected chi connectivity index (χ4v) is 2.94. The lowest BCUT2D eigenvalue weighted by molar-refractivity contribution is 0.102. The molecule has 0 radical (unpaired) electrons. The molecular formula is C18H25N7O2. The maximum atomic E-state index is 12.6. The van der Waals surface area contributed by atoms with Gasteiger partial charge in [-0.3, -0.25) is 4.79 Å². The predicted molar refractivity (Wildman–Crippen MR) is 103 cm³/mol. The molecule has 27 heavy (non-hydrogen) atoms. The molecule has 0 spiro atoms. The lowest BCUT2D eigenvalue weighted by Crippen LogP contribution is -2.34. The van der Waals surface area contributed by atoms with Crippen molar-refractivity contribution in [1.82, 2.24) is 25.6 Å². The van der Waals surface area contributed by atoms with E-state index in [-0.39, 0.29) is 29.7 Å². The molecule has 4 N–H and O–H groups in total. The number of rotatable bonds is 5. The van der Waals surface area contributed by atoms with E-state index in [1.165, 1.54) is 0 Å². The van der Waals surface area contributed by atoms with Crippen molar-refractivity contribution in [2.75, 3.05) is 23.7 Å². The zero-order valence-electron chi connectivity index (χ0n) is 15.5. The zero-order valence-corrected chi connectivity index (χ0v) is 15.5. The maximum Gasteiger partial charge on any atom is 0.319 e. The molecule has 3 amide bonds. The van der Waals surface area contributed by atoms with Gasteiger partial charge in [0.15, 0.2) is 5.69 Å². The normalized spacial score (nSPS) is 14.8. The first kappa shape index (κ1) is 18.8. The number of aromatic nitrogens is 3. The highest BCUT2D eigenvalue weighted by Gasteiger charge is 2.19. The van der Waals surface area contributed by atoms with Crippen LogP contribution in [0.15, 0.2) is 30.5 Å². The molecule has 0 atom stereocenters. The molecule has 9 heteroatoms. The van der Waals surface area contributed by atoms with Gasteiger partial charge in [0.25, 0.3) is 5.91 Å². The molecule has 1 fully saturated rings. The highest BCUT2D eigenvalue weighted by atomic mass is 16.2. The van der Waals surface area contributed by atoms with Gasteiger partial charge in [0.1, 0.15) is 0 Å². The second kappa shape index (κ2) is 8.63. The van der Waals surface area contributed by atoms with Crippen LogP contribution in [0.25, 0.3) is 0 Å². The van der Waals surface area contributed by atoms with E-state index in [9.17, 15) is 9.59 Å². The SMILES string of the molecule is CC(C)NC(=O)Nc1ccccc1NC(=O)c1cn(C2CCNCC2)nn1. The zero-order chi connectivity index (χ0) is 19.2. The Morgan fingerprint density at radius 1 is 1.15 bits per heavy atom. The Hall–Kier alpha value is -2.94. The van der Waals surface area contributed by atoms with Gasteiger partial charge in [0.05, 0.1) is 23.6 Å². The first-order chi connectivity index (χ1) is 13.0. The van der Waals surface area contributed by atoms with Gasteiger partial charge in [-0.15, -0.1) is 5.10 Å². The van der Waals surface area contributed by atoms with Crippen LogP contribution in [-0.4, -0.2) is 46.1 Å². The molecule has 9 nitrogen and oxygen atoms in total. The summed E-state index contributed by atoms with van der Waals surface area (Å²) in [5, 5.41) is 19.7. The van der Waals surface area contributed by atoms with E-state index in [2.05, 4.69) is 31.6 Å². The Balaban J connectivity index is 1.67. The van der Waals surface area contributed by atoms with Crippen LogP contribution in [0.2, 0.25) is 0 Å². The number of carbonyl (C=O) groups is 2. The Kier molecular flexibility index (Phi) is 6.02. The Morgan fingerprint density at radius 3 is 2.48 bits per heavy atom. The van der Waals surface area contributed by atoms with Crippen molar-refractivity contribution in [3.63, 3.8) is 0 Å². The Bertz CT molecular complexity index is 797. The summed E-state index contributed by atoms with van der Waals surface area (Å²) in [4.78, 5) is 24.5. The molecule has 0 unspecified atom stereocenters. The molecule has 2 heterocycles. The maximum absolute atomic E-state index is 12.6. The molecule has 1 aliphatic heterocycles. The van der Waals surface area contributed by atoms with Gasteiger partial charge in [-0.05, 0) is 51.9 Å². The second-order valence-corrected chi connectivity index (χ2v) is 6.82. The summed E-state index contributed by atoms with van der Waals surface area (Å²) in [6, 6.07) is 6.96. The number of anilines is 2. The van der Waals surface area contributed by atoms with Crippen molar-refractivity contribution in [1.29, 1.82) is 0 Å². The summed E-state index contributed by atoms with van der Waals surface area (Å²) >= 11 is 0. The van der Waals surface area contributed by atoms with Crippen molar-refractivity contribution in [2.45, 2.75) is 38.8 Å². The third-order valence-corrected chi connectivity index (χ3v) is 4.27. The van der Waals surface area contributed by atoms with E-state index in [0.29, 0.717) is 11.4 Å². The standard InChI is InChI=1S/C18H25N7O2/c1-12(2)20-18(27)22-15-6-4-3-5-14(15)21-17(26)16-11-25(24-23-16)13-7-9-19-10-8-13/h3-6,11-13,19H,7-10H2,1-2H3,(H,21,26)(H2,20,22,27). The highest BCUT2D eigenvalue weighted by Crippen LogP contribution is 2.22. The van der Waals surface area contributed by atoms with E-state index in [1.807, 2.05) is 13.8 Å². The molecule has 1 aliphatic rings. The summed E-state index contributed by atoms with van der Waals surface area (Å²) < 4.78 is 1.76. The number of amides is 3. The molecule has 0 aliphatic carbocycles. The van der Waals surface area contributed by atoms with Crippen LogP contribution in [-0.2, 0) is 0 Å². The molecule has 1 saturated heterocycles. The summed E-state index contributed by atoms with van der Waals surface area (Å²) in [6.07, 6.45) is 3.59. The number of hydrogen-bond acceptors (Lipinski definition) is 5. The van der Waals surface area contributed by atoms with Crippen LogP contribution in [0.1, 0.15) is 43.2 Å².